The van der Waals surface area contributed by atoms with Crippen LogP contribution in [0.5, 0.6) is 11.5 Å². The third-order valence-corrected chi connectivity index (χ3v) is 4.18. The fourth-order valence-corrected chi connectivity index (χ4v) is 2.66. The van der Waals surface area contributed by atoms with Crippen molar-refractivity contribution in [2.75, 3.05) is 20.3 Å². The summed E-state index contributed by atoms with van der Waals surface area (Å²) in [6, 6.07) is 16.6. The smallest absolute Gasteiger partial charge is 0.362 e. The Balaban J connectivity index is 1.64. The van der Waals surface area contributed by atoms with Crippen molar-refractivity contribution in [2.45, 2.75) is 13.5 Å². The summed E-state index contributed by atoms with van der Waals surface area (Å²) in [4.78, 5) is 24.4. The van der Waals surface area contributed by atoms with Crippen molar-refractivity contribution in [2.24, 2.45) is 0 Å². The topological polar surface area (TPSA) is 91.7 Å². The van der Waals surface area contributed by atoms with Crippen LogP contribution in [-0.4, -0.2) is 42.0 Å². The van der Waals surface area contributed by atoms with Gasteiger partial charge in [0, 0.05) is 6.54 Å². The number of esters is 1. The molecule has 0 aliphatic heterocycles. The number of amides is 1. The van der Waals surface area contributed by atoms with Crippen molar-refractivity contribution >= 4 is 11.9 Å². The molecule has 0 atom stereocenters. The number of nitrogens with one attached hydrogen (secondary N) is 1. The molecule has 3 aromatic rings. The van der Waals surface area contributed by atoms with E-state index in [9.17, 15) is 9.59 Å². The number of benzene rings is 2. The Hall–Kier alpha value is -3.81. The molecule has 8 nitrogen and oxygen atoms in total. The normalized spacial score (nSPS) is 10.3. The molecule has 156 valence electrons. The van der Waals surface area contributed by atoms with Crippen molar-refractivity contribution in [3.63, 3.8) is 0 Å². The lowest BCUT2D eigenvalue weighted by molar-refractivity contribution is -0.123. The van der Waals surface area contributed by atoms with Crippen LogP contribution in [0.25, 0.3) is 5.69 Å². The number of carbonyl (C=O) groups excluding carboxylic acids is 2. The minimum Gasteiger partial charge on any atom is -0.497 e. The Morgan fingerprint density at radius 2 is 1.80 bits per heavy atom. The highest BCUT2D eigenvalue weighted by Gasteiger charge is 2.21. The van der Waals surface area contributed by atoms with Crippen LogP contribution in [0.2, 0.25) is 0 Å². The zero-order chi connectivity index (χ0) is 21.3. The summed E-state index contributed by atoms with van der Waals surface area (Å²) in [7, 11) is 1.60. The van der Waals surface area contributed by atoms with Crippen LogP contribution in [0.4, 0.5) is 0 Å². The molecule has 8 heteroatoms. The van der Waals surface area contributed by atoms with E-state index in [1.54, 1.807) is 20.2 Å². The van der Waals surface area contributed by atoms with Gasteiger partial charge >= 0.3 is 5.97 Å². The molecule has 0 aliphatic carbocycles. The van der Waals surface area contributed by atoms with Gasteiger partial charge in [0.05, 0.1) is 25.6 Å². The number of ether oxygens (including phenoxy) is 3. The standard InChI is InChI=1S/C22H23N3O5/c1-3-29-22(27)21-19(14-25(24-21)17-7-5-4-6-8-17)30-15-20(26)23-13-16-9-11-18(28-2)12-10-16/h4-12,14H,3,13,15H2,1-2H3,(H,23,26). The van der Waals surface area contributed by atoms with Crippen LogP contribution in [0, 0.1) is 0 Å². The zero-order valence-electron chi connectivity index (χ0n) is 16.8. The maximum Gasteiger partial charge on any atom is 0.362 e. The van der Waals surface area contributed by atoms with Gasteiger partial charge in [-0.2, -0.15) is 5.10 Å². The number of methoxy groups -OCH3 is 1. The number of nitrogens with zero attached hydrogens (tertiary/aromatic N) is 2. The summed E-state index contributed by atoms with van der Waals surface area (Å²) in [6.45, 7) is 2.00. The quantitative estimate of drug-likeness (QED) is 0.547. The molecule has 0 aliphatic rings. The number of rotatable bonds is 9. The van der Waals surface area contributed by atoms with E-state index in [0.717, 1.165) is 17.0 Å². The second kappa shape index (κ2) is 10.1. The first-order valence-electron chi connectivity index (χ1n) is 9.45. The minimum absolute atomic E-state index is 0.0173. The monoisotopic (exact) mass is 409 g/mol. The van der Waals surface area contributed by atoms with Gasteiger partial charge in [0.25, 0.3) is 5.91 Å². The van der Waals surface area contributed by atoms with E-state index in [-0.39, 0.29) is 30.6 Å². The molecule has 0 fully saturated rings. The van der Waals surface area contributed by atoms with Gasteiger partial charge in [-0.15, -0.1) is 0 Å². The van der Waals surface area contributed by atoms with E-state index in [2.05, 4.69) is 10.4 Å². The zero-order valence-corrected chi connectivity index (χ0v) is 16.8. The predicted octanol–water partition coefficient (Wildman–Crippen LogP) is 2.75. The summed E-state index contributed by atoms with van der Waals surface area (Å²) < 4.78 is 17.2. The highest BCUT2D eigenvalue weighted by atomic mass is 16.5. The van der Waals surface area contributed by atoms with Crippen LogP contribution >= 0.6 is 0 Å². The second-order valence-electron chi connectivity index (χ2n) is 6.26. The largest absolute Gasteiger partial charge is 0.497 e. The summed E-state index contributed by atoms with van der Waals surface area (Å²) >= 11 is 0. The molecule has 0 bridgehead atoms. The summed E-state index contributed by atoms with van der Waals surface area (Å²) in [5, 5.41) is 7.03. The highest BCUT2D eigenvalue weighted by molar-refractivity contribution is 5.90. The maximum absolute atomic E-state index is 12.2. The first-order valence-corrected chi connectivity index (χ1v) is 9.45. The van der Waals surface area contributed by atoms with Gasteiger partial charge in [0.15, 0.2) is 12.4 Å². The van der Waals surface area contributed by atoms with Crippen molar-refractivity contribution in [3.8, 4) is 17.2 Å². The molecular formula is C22H23N3O5. The summed E-state index contributed by atoms with van der Waals surface area (Å²) in [5.41, 5.74) is 1.69. The van der Waals surface area contributed by atoms with E-state index in [1.807, 2.05) is 54.6 Å². The van der Waals surface area contributed by atoms with Crippen molar-refractivity contribution in [1.29, 1.82) is 0 Å². The van der Waals surface area contributed by atoms with E-state index in [1.165, 1.54) is 4.68 Å². The molecule has 3 rings (SSSR count). The lowest BCUT2D eigenvalue weighted by atomic mass is 10.2. The molecule has 1 heterocycles. The molecule has 0 saturated carbocycles. The molecule has 0 spiro atoms. The number of aromatic nitrogens is 2. The fourth-order valence-electron chi connectivity index (χ4n) is 2.66. The van der Waals surface area contributed by atoms with Gasteiger partial charge in [0.1, 0.15) is 5.75 Å². The molecule has 0 radical (unpaired) electrons. The predicted molar refractivity (Wildman–Crippen MR) is 110 cm³/mol. The van der Waals surface area contributed by atoms with E-state index in [0.29, 0.717) is 6.54 Å². The van der Waals surface area contributed by atoms with Crippen LogP contribution in [0.3, 0.4) is 0 Å². The molecule has 1 amide bonds. The fraction of sp³-hybridized carbons (Fsp3) is 0.227. The summed E-state index contributed by atoms with van der Waals surface area (Å²) in [6.07, 6.45) is 1.55. The molecular weight excluding hydrogens is 386 g/mol. The van der Waals surface area contributed by atoms with Crippen molar-refractivity contribution in [1.82, 2.24) is 15.1 Å². The van der Waals surface area contributed by atoms with Gasteiger partial charge in [0.2, 0.25) is 5.69 Å². The van der Waals surface area contributed by atoms with Crippen LogP contribution in [0.1, 0.15) is 23.0 Å². The first-order chi connectivity index (χ1) is 14.6. The van der Waals surface area contributed by atoms with Crippen molar-refractivity contribution < 1.29 is 23.8 Å². The van der Waals surface area contributed by atoms with Gasteiger partial charge in [-0.25, -0.2) is 9.48 Å². The second-order valence-corrected chi connectivity index (χ2v) is 6.26. The van der Waals surface area contributed by atoms with Crippen LogP contribution in [-0.2, 0) is 16.1 Å². The van der Waals surface area contributed by atoms with Gasteiger partial charge in [-0.3, -0.25) is 4.79 Å². The minimum atomic E-state index is -0.610. The number of para-hydroxylation sites is 1. The van der Waals surface area contributed by atoms with Gasteiger partial charge in [-0.05, 0) is 36.8 Å². The Morgan fingerprint density at radius 1 is 1.07 bits per heavy atom. The molecule has 0 unspecified atom stereocenters. The first kappa shape index (κ1) is 20.9. The SMILES string of the molecule is CCOC(=O)c1nn(-c2ccccc2)cc1OCC(=O)NCc1ccc(OC)cc1. The Morgan fingerprint density at radius 3 is 2.47 bits per heavy atom. The molecule has 2 aromatic carbocycles. The van der Waals surface area contributed by atoms with E-state index >= 15 is 0 Å². The third kappa shape index (κ3) is 5.38. The third-order valence-electron chi connectivity index (χ3n) is 4.18. The van der Waals surface area contributed by atoms with Crippen LogP contribution < -0.4 is 14.8 Å². The molecule has 0 saturated heterocycles. The Bertz CT molecular complexity index is 984. The van der Waals surface area contributed by atoms with E-state index in [4.69, 9.17) is 14.2 Å². The molecule has 1 aromatic heterocycles. The average molecular weight is 409 g/mol. The number of carbonyl (C=O) groups is 2. The molecule has 1 N–H and O–H groups in total. The lowest BCUT2D eigenvalue weighted by Gasteiger charge is -2.08. The number of hydrogen-bond acceptors (Lipinski definition) is 6. The van der Waals surface area contributed by atoms with Gasteiger partial charge < -0.3 is 19.5 Å². The average Bonchev–Trinajstić information content (AvgIpc) is 3.22. The van der Waals surface area contributed by atoms with Crippen molar-refractivity contribution in [3.05, 3.63) is 72.1 Å². The number of hydrogen-bond donors (Lipinski definition) is 1. The van der Waals surface area contributed by atoms with E-state index < -0.39 is 5.97 Å². The van der Waals surface area contributed by atoms with Gasteiger partial charge in [-0.1, -0.05) is 30.3 Å². The Kier molecular flexibility index (Phi) is 7.05. The van der Waals surface area contributed by atoms with Crippen LogP contribution in [0.15, 0.2) is 60.8 Å². The molecule has 30 heavy (non-hydrogen) atoms. The lowest BCUT2D eigenvalue weighted by Crippen LogP contribution is -2.28. The Labute approximate surface area is 174 Å². The maximum atomic E-state index is 12.2. The summed E-state index contributed by atoms with van der Waals surface area (Å²) in [5.74, 6) is -0.0128. The highest BCUT2D eigenvalue weighted by Crippen LogP contribution is 2.21.